The third-order valence-electron chi connectivity index (χ3n) is 5.55. The molecule has 1 spiro atoms. The van der Waals surface area contributed by atoms with Crippen molar-refractivity contribution >= 4 is 10.8 Å². The van der Waals surface area contributed by atoms with Crippen molar-refractivity contribution in [2.45, 2.75) is 52.0 Å². The van der Waals surface area contributed by atoms with Crippen LogP contribution >= 0.6 is 0 Å². The lowest BCUT2D eigenvalue weighted by molar-refractivity contribution is 0.154. The van der Waals surface area contributed by atoms with Gasteiger partial charge in [-0.3, -0.25) is 9.88 Å². The van der Waals surface area contributed by atoms with Crippen LogP contribution in [0.15, 0.2) is 30.5 Å². The molecule has 1 aliphatic heterocycles. The minimum absolute atomic E-state index is 0.476. The average molecular weight is 294 g/mol. The zero-order valence-corrected chi connectivity index (χ0v) is 13.8. The van der Waals surface area contributed by atoms with E-state index in [0.717, 1.165) is 6.54 Å². The number of hydrogen-bond donors (Lipinski definition) is 0. The molecule has 116 valence electrons. The lowest BCUT2D eigenvalue weighted by Crippen LogP contribution is -2.35. The fraction of sp³-hybridized carbons (Fsp3) is 0.550. The summed E-state index contributed by atoms with van der Waals surface area (Å²) in [7, 11) is 0. The Hall–Kier alpha value is -1.41. The molecule has 1 aliphatic carbocycles. The largest absolute Gasteiger partial charge is 0.298 e. The second kappa shape index (κ2) is 5.34. The van der Waals surface area contributed by atoms with E-state index in [-0.39, 0.29) is 0 Å². The van der Waals surface area contributed by atoms with Crippen LogP contribution in [0.3, 0.4) is 0 Å². The molecular formula is C20H26N2. The number of fused-ring (bicyclic) bond motifs is 1. The highest BCUT2D eigenvalue weighted by atomic mass is 15.1. The summed E-state index contributed by atoms with van der Waals surface area (Å²) in [6, 6.07) is 8.81. The topological polar surface area (TPSA) is 16.1 Å². The van der Waals surface area contributed by atoms with Crippen LogP contribution in [0, 0.1) is 5.41 Å². The Kier molecular flexibility index (Phi) is 3.45. The van der Waals surface area contributed by atoms with Crippen molar-refractivity contribution in [2.24, 2.45) is 5.41 Å². The summed E-state index contributed by atoms with van der Waals surface area (Å²) in [5.74, 6) is 0.476. The van der Waals surface area contributed by atoms with Crippen LogP contribution in [0.5, 0.6) is 0 Å². The van der Waals surface area contributed by atoms with Gasteiger partial charge in [0.25, 0.3) is 0 Å². The summed E-state index contributed by atoms with van der Waals surface area (Å²) in [5.41, 5.74) is 3.33. The van der Waals surface area contributed by atoms with Crippen molar-refractivity contribution in [1.29, 1.82) is 0 Å². The maximum Gasteiger partial charge on any atom is 0.0507 e. The van der Waals surface area contributed by atoms with Gasteiger partial charge in [-0.05, 0) is 54.5 Å². The monoisotopic (exact) mass is 294 g/mol. The standard InChI is InChI=1S/C20H26N2/c1-15(2)19-18-7-4-3-6-17(18)16(12-21-19)13-22-11-5-8-20(14-22)9-10-20/h3-4,6-7,12,15H,5,8-11,13-14H2,1-2H3. The van der Waals surface area contributed by atoms with Gasteiger partial charge in [0.15, 0.2) is 0 Å². The Morgan fingerprint density at radius 2 is 1.91 bits per heavy atom. The number of likely N-dealkylation sites (tertiary alicyclic amines) is 1. The highest BCUT2D eigenvalue weighted by Gasteiger charge is 2.45. The molecule has 2 fully saturated rings. The van der Waals surface area contributed by atoms with Gasteiger partial charge in [0.1, 0.15) is 0 Å². The first-order chi connectivity index (χ1) is 10.7. The fourth-order valence-electron chi connectivity index (χ4n) is 4.13. The molecule has 2 nitrogen and oxygen atoms in total. The van der Waals surface area contributed by atoms with Gasteiger partial charge in [0, 0.05) is 24.7 Å². The second-order valence-corrected chi connectivity index (χ2v) is 7.68. The van der Waals surface area contributed by atoms with Crippen LogP contribution in [0.25, 0.3) is 10.8 Å². The van der Waals surface area contributed by atoms with Crippen LogP contribution < -0.4 is 0 Å². The van der Waals surface area contributed by atoms with Crippen molar-refractivity contribution < 1.29 is 0 Å². The Morgan fingerprint density at radius 3 is 2.64 bits per heavy atom. The van der Waals surface area contributed by atoms with Crippen molar-refractivity contribution in [3.8, 4) is 0 Å². The van der Waals surface area contributed by atoms with Gasteiger partial charge >= 0.3 is 0 Å². The number of benzene rings is 1. The highest BCUT2D eigenvalue weighted by molar-refractivity contribution is 5.87. The maximum atomic E-state index is 4.80. The lowest BCUT2D eigenvalue weighted by Gasteiger charge is -2.33. The third kappa shape index (κ3) is 2.54. The summed E-state index contributed by atoms with van der Waals surface area (Å²) in [6.45, 7) is 8.08. The average Bonchev–Trinajstić information content (AvgIpc) is 3.26. The molecule has 1 aromatic heterocycles. The smallest absolute Gasteiger partial charge is 0.0507 e. The van der Waals surface area contributed by atoms with Gasteiger partial charge in [0.05, 0.1) is 5.69 Å². The minimum Gasteiger partial charge on any atom is -0.298 e. The van der Waals surface area contributed by atoms with Gasteiger partial charge in [-0.2, -0.15) is 0 Å². The summed E-state index contributed by atoms with van der Waals surface area (Å²) >= 11 is 0. The number of aromatic nitrogens is 1. The van der Waals surface area contributed by atoms with E-state index < -0.39 is 0 Å². The molecule has 2 heterocycles. The zero-order valence-electron chi connectivity index (χ0n) is 13.8. The highest BCUT2D eigenvalue weighted by Crippen LogP contribution is 2.52. The molecule has 0 atom stereocenters. The van der Waals surface area contributed by atoms with Crippen LogP contribution in [0.2, 0.25) is 0 Å². The van der Waals surface area contributed by atoms with Gasteiger partial charge in [-0.15, -0.1) is 0 Å². The molecule has 2 heteroatoms. The van der Waals surface area contributed by atoms with Gasteiger partial charge < -0.3 is 0 Å². The molecule has 0 radical (unpaired) electrons. The normalized spacial score (nSPS) is 20.9. The molecular weight excluding hydrogens is 268 g/mol. The van der Waals surface area contributed by atoms with E-state index in [2.05, 4.69) is 49.2 Å². The molecule has 0 unspecified atom stereocenters. The number of nitrogens with zero attached hydrogens (tertiary/aromatic N) is 2. The Bertz CT molecular complexity index is 685. The van der Waals surface area contributed by atoms with Gasteiger partial charge in [-0.1, -0.05) is 38.1 Å². The summed E-state index contributed by atoms with van der Waals surface area (Å²) in [6.07, 6.45) is 7.86. The molecule has 22 heavy (non-hydrogen) atoms. The summed E-state index contributed by atoms with van der Waals surface area (Å²) < 4.78 is 0. The van der Waals surface area contributed by atoms with E-state index >= 15 is 0 Å². The molecule has 1 saturated heterocycles. The van der Waals surface area contributed by atoms with Crippen LogP contribution in [0.4, 0.5) is 0 Å². The predicted molar refractivity (Wildman–Crippen MR) is 92.0 cm³/mol. The Balaban J connectivity index is 1.65. The Labute approximate surface area is 133 Å². The molecule has 0 bridgehead atoms. The molecule has 1 aromatic carbocycles. The molecule has 2 aromatic rings. The first-order valence-corrected chi connectivity index (χ1v) is 8.76. The zero-order chi connectivity index (χ0) is 15.2. The van der Waals surface area contributed by atoms with E-state index in [1.54, 1.807) is 0 Å². The quantitative estimate of drug-likeness (QED) is 0.813. The Morgan fingerprint density at radius 1 is 1.14 bits per heavy atom. The predicted octanol–water partition coefficient (Wildman–Crippen LogP) is 4.73. The van der Waals surface area contributed by atoms with Crippen LogP contribution in [0.1, 0.15) is 56.7 Å². The minimum atomic E-state index is 0.476. The number of piperidine rings is 1. The van der Waals surface area contributed by atoms with Gasteiger partial charge in [-0.25, -0.2) is 0 Å². The number of rotatable bonds is 3. The molecule has 0 N–H and O–H groups in total. The van der Waals surface area contributed by atoms with E-state index in [0.29, 0.717) is 11.3 Å². The van der Waals surface area contributed by atoms with Gasteiger partial charge in [0.2, 0.25) is 0 Å². The number of pyridine rings is 1. The van der Waals surface area contributed by atoms with Crippen LogP contribution in [-0.2, 0) is 6.54 Å². The van der Waals surface area contributed by atoms with E-state index in [9.17, 15) is 0 Å². The van der Waals surface area contributed by atoms with Crippen molar-refractivity contribution in [3.63, 3.8) is 0 Å². The maximum absolute atomic E-state index is 4.80. The molecule has 0 amide bonds. The SMILES string of the molecule is CC(C)c1ncc(CN2CCCC3(CC3)C2)c2ccccc12. The molecule has 4 rings (SSSR count). The summed E-state index contributed by atoms with van der Waals surface area (Å²) in [5, 5.41) is 2.74. The van der Waals surface area contributed by atoms with E-state index in [4.69, 9.17) is 4.98 Å². The van der Waals surface area contributed by atoms with E-state index in [1.165, 1.54) is 60.8 Å². The fourth-order valence-corrected chi connectivity index (χ4v) is 4.13. The molecule has 2 aliphatic rings. The summed E-state index contributed by atoms with van der Waals surface area (Å²) in [4.78, 5) is 7.46. The lowest BCUT2D eigenvalue weighted by atomic mass is 9.94. The number of hydrogen-bond acceptors (Lipinski definition) is 2. The van der Waals surface area contributed by atoms with E-state index in [1.807, 2.05) is 0 Å². The van der Waals surface area contributed by atoms with Crippen molar-refractivity contribution in [1.82, 2.24) is 9.88 Å². The third-order valence-corrected chi connectivity index (χ3v) is 5.55. The van der Waals surface area contributed by atoms with Crippen LogP contribution in [-0.4, -0.2) is 23.0 Å². The van der Waals surface area contributed by atoms with Crippen molar-refractivity contribution in [2.75, 3.05) is 13.1 Å². The first kappa shape index (κ1) is 14.2. The second-order valence-electron chi connectivity index (χ2n) is 7.68. The molecule has 1 saturated carbocycles. The van der Waals surface area contributed by atoms with Crippen molar-refractivity contribution in [3.05, 3.63) is 41.7 Å². The first-order valence-electron chi connectivity index (χ1n) is 8.76.